The van der Waals surface area contributed by atoms with E-state index in [-0.39, 0.29) is 16.5 Å². The number of amides is 1. The smallest absolute Gasteiger partial charge is 0.262 e. The number of nitrogens with one attached hydrogen (secondary N) is 2. The molecule has 0 saturated carbocycles. The molecule has 9 heteroatoms. The summed E-state index contributed by atoms with van der Waals surface area (Å²) in [5.41, 5.74) is 2.69. The van der Waals surface area contributed by atoms with Gasteiger partial charge in [-0.3, -0.25) is 9.52 Å². The summed E-state index contributed by atoms with van der Waals surface area (Å²) < 4.78 is 44.3. The summed E-state index contributed by atoms with van der Waals surface area (Å²) in [7, 11) is 0.588. The molecule has 0 aliphatic heterocycles. The van der Waals surface area contributed by atoms with Crippen LogP contribution in [0, 0.1) is 0 Å². The van der Waals surface area contributed by atoms with Crippen LogP contribution in [-0.2, 0) is 14.8 Å². The Kier molecular flexibility index (Phi) is 8.53. The van der Waals surface area contributed by atoms with Crippen molar-refractivity contribution in [3.8, 4) is 17.2 Å². The number of sulfonamides is 1. The molecule has 0 unspecified atom stereocenters. The van der Waals surface area contributed by atoms with E-state index in [1.54, 1.807) is 25.3 Å². The average molecular weight is 545 g/mol. The molecule has 4 aromatic carbocycles. The fourth-order valence-electron chi connectivity index (χ4n) is 3.78. The SMILES string of the molecule is COc1ccc(/C=C(/C(=O)Nc2ccc(S(=O)(=O)Nc3cc(OC)ccc3OC)cc2)c2ccccc2)cc1. The number of carbonyl (C=O) groups is 1. The minimum Gasteiger partial charge on any atom is -0.497 e. The zero-order valence-corrected chi connectivity index (χ0v) is 22.5. The molecule has 8 nitrogen and oxygen atoms in total. The molecule has 0 aromatic heterocycles. The Hall–Kier alpha value is -4.76. The molecule has 0 atom stereocenters. The third-order valence-corrected chi connectivity index (χ3v) is 7.21. The van der Waals surface area contributed by atoms with Crippen molar-refractivity contribution >= 4 is 39.0 Å². The van der Waals surface area contributed by atoms with Gasteiger partial charge in [-0.1, -0.05) is 42.5 Å². The van der Waals surface area contributed by atoms with Crippen LogP contribution < -0.4 is 24.2 Å². The van der Waals surface area contributed by atoms with Gasteiger partial charge in [0.15, 0.2) is 0 Å². The first-order valence-electron chi connectivity index (χ1n) is 11.9. The topological polar surface area (TPSA) is 103 Å². The van der Waals surface area contributed by atoms with Crippen molar-refractivity contribution < 1.29 is 27.4 Å². The summed E-state index contributed by atoms with van der Waals surface area (Å²) in [6, 6.07) is 27.4. The lowest BCUT2D eigenvalue weighted by molar-refractivity contribution is -0.111. The fraction of sp³-hybridized carbons (Fsp3) is 0.100. The highest BCUT2D eigenvalue weighted by atomic mass is 32.2. The third kappa shape index (κ3) is 6.77. The predicted octanol–water partition coefficient (Wildman–Crippen LogP) is 5.69. The Morgan fingerprint density at radius 2 is 1.38 bits per heavy atom. The average Bonchev–Trinajstić information content (AvgIpc) is 2.96. The first kappa shape index (κ1) is 27.3. The lowest BCUT2D eigenvalue weighted by Crippen LogP contribution is -2.15. The number of benzene rings is 4. The third-order valence-electron chi connectivity index (χ3n) is 5.83. The van der Waals surface area contributed by atoms with Gasteiger partial charge in [0, 0.05) is 17.3 Å². The summed E-state index contributed by atoms with van der Waals surface area (Å²) in [6.07, 6.45) is 1.79. The second-order valence-electron chi connectivity index (χ2n) is 8.35. The predicted molar refractivity (Wildman–Crippen MR) is 153 cm³/mol. The van der Waals surface area contributed by atoms with Crippen molar-refractivity contribution in [3.63, 3.8) is 0 Å². The molecule has 0 bridgehead atoms. The maximum absolute atomic E-state index is 13.3. The van der Waals surface area contributed by atoms with Crippen LogP contribution in [0.25, 0.3) is 11.6 Å². The van der Waals surface area contributed by atoms with Crippen molar-refractivity contribution in [3.05, 3.63) is 108 Å². The molecule has 0 radical (unpaired) electrons. The van der Waals surface area contributed by atoms with E-state index in [1.165, 1.54) is 44.6 Å². The van der Waals surface area contributed by atoms with Crippen LogP contribution in [0.5, 0.6) is 17.2 Å². The number of carbonyl (C=O) groups excluding carboxylic acids is 1. The molecule has 200 valence electrons. The van der Waals surface area contributed by atoms with Gasteiger partial charge in [-0.15, -0.1) is 0 Å². The van der Waals surface area contributed by atoms with Crippen LogP contribution in [0.15, 0.2) is 102 Å². The summed E-state index contributed by atoms with van der Waals surface area (Å²) in [4.78, 5) is 13.4. The molecule has 0 aliphatic rings. The minimum absolute atomic E-state index is 0.0161. The largest absolute Gasteiger partial charge is 0.497 e. The highest BCUT2D eigenvalue weighted by molar-refractivity contribution is 7.92. The summed E-state index contributed by atoms with van der Waals surface area (Å²) in [5.74, 6) is 1.20. The number of methoxy groups -OCH3 is 3. The Bertz CT molecular complexity index is 1570. The first-order chi connectivity index (χ1) is 18.8. The van der Waals surface area contributed by atoms with Gasteiger partial charge in [-0.25, -0.2) is 8.42 Å². The van der Waals surface area contributed by atoms with Gasteiger partial charge in [0.25, 0.3) is 15.9 Å². The number of anilines is 2. The molecule has 0 spiro atoms. The van der Waals surface area contributed by atoms with Gasteiger partial charge >= 0.3 is 0 Å². The zero-order chi connectivity index (χ0) is 27.8. The van der Waals surface area contributed by atoms with Crippen molar-refractivity contribution in [2.24, 2.45) is 0 Å². The fourth-order valence-corrected chi connectivity index (χ4v) is 4.84. The molecule has 0 aliphatic carbocycles. The molecule has 0 saturated heterocycles. The Morgan fingerprint density at radius 1 is 0.744 bits per heavy atom. The van der Waals surface area contributed by atoms with Crippen LogP contribution >= 0.6 is 0 Å². The standard InChI is InChI=1S/C30H28N2O6S/c1-36-24-13-9-21(10-14-24)19-27(22-7-5-4-6-8-22)30(33)31-23-11-16-26(17-12-23)39(34,35)32-28-20-25(37-2)15-18-29(28)38-3/h4-20,32H,1-3H3,(H,31,33)/b27-19+. The summed E-state index contributed by atoms with van der Waals surface area (Å²) in [6.45, 7) is 0. The first-order valence-corrected chi connectivity index (χ1v) is 13.4. The van der Waals surface area contributed by atoms with E-state index in [9.17, 15) is 13.2 Å². The monoisotopic (exact) mass is 544 g/mol. The van der Waals surface area contributed by atoms with Gasteiger partial charge in [0.05, 0.1) is 31.9 Å². The molecule has 0 heterocycles. The van der Waals surface area contributed by atoms with Gasteiger partial charge in [0.2, 0.25) is 0 Å². The van der Waals surface area contributed by atoms with Gasteiger partial charge < -0.3 is 19.5 Å². The minimum atomic E-state index is -3.94. The number of ether oxygens (including phenoxy) is 3. The van der Waals surface area contributed by atoms with E-state index >= 15 is 0 Å². The maximum atomic E-state index is 13.3. The number of hydrogen-bond donors (Lipinski definition) is 2. The second-order valence-corrected chi connectivity index (χ2v) is 10.0. The number of rotatable bonds is 10. The highest BCUT2D eigenvalue weighted by Crippen LogP contribution is 2.31. The van der Waals surface area contributed by atoms with Crippen LogP contribution in [-0.4, -0.2) is 35.7 Å². The van der Waals surface area contributed by atoms with Crippen molar-refractivity contribution in [1.82, 2.24) is 0 Å². The lowest BCUT2D eigenvalue weighted by Gasteiger charge is -2.14. The molecule has 39 heavy (non-hydrogen) atoms. The van der Waals surface area contributed by atoms with E-state index in [4.69, 9.17) is 14.2 Å². The Morgan fingerprint density at radius 3 is 2.00 bits per heavy atom. The van der Waals surface area contributed by atoms with E-state index in [0.717, 1.165) is 11.1 Å². The van der Waals surface area contributed by atoms with Crippen molar-refractivity contribution in [1.29, 1.82) is 0 Å². The van der Waals surface area contributed by atoms with Crippen molar-refractivity contribution in [2.45, 2.75) is 4.90 Å². The quantitative estimate of drug-likeness (QED) is 0.196. The maximum Gasteiger partial charge on any atom is 0.262 e. The Balaban J connectivity index is 1.56. The van der Waals surface area contributed by atoms with Crippen LogP contribution in [0.4, 0.5) is 11.4 Å². The van der Waals surface area contributed by atoms with E-state index in [1.807, 2.05) is 54.6 Å². The molecule has 0 fully saturated rings. The van der Waals surface area contributed by atoms with E-state index in [2.05, 4.69) is 10.0 Å². The van der Waals surface area contributed by atoms with Gasteiger partial charge in [-0.05, 0) is 65.7 Å². The lowest BCUT2D eigenvalue weighted by atomic mass is 10.0. The summed E-state index contributed by atoms with van der Waals surface area (Å²) in [5, 5.41) is 2.86. The van der Waals surface area contributed by atoms with Crippen LogP contribution in [0.3, 0.4) is 0 Å². The molecule has 4 aromatic rings. The number of hydrogen-bond acceptors (Lipinski definition) is 6. The second kappa shape index (κ2) is 12.2. The zero-order valence-electron chi connectivity index (χ0n) is 21.7. The molecule has 2 N–H and O–H groups in total. The normalized spacial score (nSPS) is 11.4. The summed E-state index contributed by atoms with van der Waals surface area (Å²) >= 11 is 0. The van der Waals surface area contributed by atoms with Gasteiger partial charge in [-0.2, -0.15) is 0 Å². The van der Waals surface area contributed by atoms with Crippen LogP contribution in [0.1, 0.15) is 11.1 Å². The molecule has 4 rings (SSSR count). The van der Waals surface area contributed by atoms with Gasteiger partial charge in [0.1, 0.15) is 17.2 Å². The Labute approximate surface area is 227 Å². The van der Waals surface area contributed by atoms with Crippen LogP contribution in [0.2, 0.25) is 0 Å². The van der Waals surface area contributed by atoms with Crippen molar-refractivity contribution in [2.75, 3.05) is 31.4 Å². The molecular formula is C30H28N2O6S. The highest BCUT2D eigenvalue weighted by Gasteiger charge is 2.18. The molecule has 1 amide bonds. The van der Waals surface area contributed by atoms with E-state index < -0.39 is 10.0 Å². The molecular weight excluding hydrogens is 516 g/mol. The van der Waals surface area contributed by atoms with E-state index in [0.29, 0.717) is 28.5 Å².